The summed E-state index contributed by atoms with van der Waals surface area (Å²) in [5.74, 6) is -3.39. The topological polar surface area (TPSA) is 136 Å². The highest BCUT2D eigenvalue weighted by Crippen LogP contribution is 2.23. The first-order valence-corrected chi connectivity index (χ1v) is 7.65. The maximum Gasteiger partial charge on any atom is 0.361 e. The molecule has 0 N–H and O–H groups in total. The monoisotopic (exact) mass is 421 g/mol. The van der Waals surface area contributed by atoms with E-state index in [1.165, 1.54) is 7.11 Å². The first kappa shape index (κ1) is 20.5. The largest absolute Gasteiger partial charge is 0.468 e. The first-order chi connectivity index (χ1) is 11.8. The highest BCUT2D eigenvalue weighted by atomic mass is 79.9. The molecule has 0 saturated heterocycles. The van der Waals surface area contributed by atoms with Crippen molar-refractivity contribution >= 4 is 39.8 Å². The number of aromatic nitrogens is 3. The minimum atomic E-state index is -1.26. The third-order valence-electron chi connectivity index (χ3n) is 3.11. The maximum absolute atomic E-state index is 12.1. The number of halogens is 1. The van der Waals surface area contributed by atoms with Gasteiger partial charge in [-0.05, 0) is 0 Å². The number of hydrogen-bond donors (Lipinski definition) is 0. The Bertz CT molecular complexity index is 674. The van der Waals surface area contributed by atoms with Crippen molar-refractivity contribution in [3.63, 3.8) is 0 Å². The zero-order chi connectivity index (χ0) is 19.1. The molecule has 0 saturated carbocycles. The molecule has 0 radical (unpaired) electrons. The maximum atomic E-state index is 12.1. The Labute approximate surface area is 150 Å². The van der Waals surface area contributed by atoms with Gasteiger partial charge in [-0.3, -0.25) is 4.79 Å². The zero-order valence-corrected chi connectivity index (χ0v) is 15.4. The molecule has 0 aromatic carbocycles. The van der Waals surface area contributed by atoms with Gasteiger partial charge in [0.15, 0.2) is 11.7 Å². The summed E-state index contributed by atoms with van der Waals surface area (Å²) in [6, 6.07) is -1.26. The van der Waals surface area contributed by atoms with Crippen LogP contribution in [-0.2, 0) is 28.5 Å². The fourth-order valence-corrected chi connectivity index (χ4v) is 2.43. The van der Waals surface area contributed by atoms with Gasteiger partial charge in [-0.2, -0.15) is 0 Å². The molecule has 1 rings (SSSR count). The van der Waals surface area contributed by atoms with Crippen LogP contribution in [0.15, 0.2) is 0 Å². The Hall–Kier alpha value is -2.50. The van der Waals surface area contributed by atoms with Gasteiger partial charge in [-0.25, -0.2) is 19.1 Å². The smallest absolute Gasteiger partial charge is 0.361 e. The predicted octanol–water partition coefficient (Wildman–Crippen LogP) is -0.108. The number of nitrogens with zero attached hydrogens (tertiary/aromatic N) is 3. The molecular weight excluding hydrogens is 406 g/mol. The normalized spacial score (nSPS) is 12.7. The lowest BCUT2D eigenvalue weighted by Crippen LogP contribution is -2.30. The van der Waals surface area contributed by atoms with E-state index in [1.807, 2.05) is 0 Å². The van der Waals surface area contributed by atoms with Crippen molar-refractivity contribution in [3.8, 4) is 0 Å². The van der Waals surface area contributed by atoms with Crippen LogP contribution in [0, 0.1) is 0 Å². The van der Waals surface area contributed by atoms with Crippen molar-refractivity contribution < 1.29 is 38.1 Å². The summed E-state index contributed by atoms with van der Waals surface area (Å²) < 4.78 is 19.2. The van der Waals surface area contributed by atoms with Crippen molar-refractivity contribution in [2.45, 2.75) is 17.3 Å². The molecule has 1 heterocycles. The van der Waals surface area contributed by atoms with Gasteiger partial charge in [-0.15, -0.1) is 5.10 Å². The molecule has 0 amide bonds. The van der Waals surface area contributed by atoms with E-state index in [1.54, 1.807) is 0 Å². The van der Waals surface area contributed by atoms with Gasteiger partial charge >= 0.3 is 23.9 Å². The van der Waals surface area contributed by atoms with Crippen LogP contribution in [0.1, 0.15) is 33.4 Å². The molecule has 0 aliphatic carbocycles. The minimum Gasteiger partial charge on any atom is -0.468 e. The molecule has 25 heavy (non-hydrogen) atoms. The van der Waals surface area contributed by atoms with Gasteiger partial charge < -0.3 is 18.9 Å². The fourth-order valence-electron chi connectivity index (χ4n) is 1.88. The summed E-state index contributed by atoms with van der Waals surface area (Å²) in [7, 11) is 4.46. The van der Waals surface area contributed by atoms with Crippen molar-refractivity contribution in [1.82, 2.24) is 15.0 Å². The second kappa shape index (κ2) is 9.11. The van der Waals surface area contributed by atoms with Gasteiger partial charge in [0, 0.05) is 6.42 Å². The highest BCUT2D eigenvalue weighted by Gasteiger charge is 2.36. The van der Waals surface area contributed by atoms with Crippen LogP contribution in [-0.4, -0.2) is 72.1 Å². The third-order valence-corrected chi connectivity index (χ3v) is 3.86. The lowest BCUT2D eigenvalue weighted by Gasteiger charge is -2.18. The van der Waals surface area contributed by atoms with E-state index in [9.17, 15) is 19.2 Å². The molecule has 0 spiro atoms. The average molecular weight is 422 g/mol. The van der Waals surface area contributed by atoms with Crippen LogP contribution in [0.3, 0.4) is 0 Å². The standard InChI is InChI=1S/C13H16BrN3O8/c1-22-10(18)6(14)5-7(11(19)23-2)17-9(13(21)25-4)8(15-16-17)12(20)24-3/h6-7H,5H2,1-4H3. The molecule has 1 aromatic rings. The number of rotatable bonds is 7. The minimum absolute atomic E-state index is 0.187. The Morgan fingerprint density at radius 2 is 1.52 bits per heavy atom. The summed E-state index contributed by atoms with van der Waals surface area (Å²) in [5, 5.41) is 7.22. The summed E-state index contributed by atoms with van der Waals surface area (Å²) in [4.78, 5) is 46.6. The number of methoxy groups -OCH3 is 4. The highest BCUT2D eigenvalue weighted by molar-refractivity contribution is 9.10. The van der Waals surface area contributed by atoms with Crippen LogP contribution in [0.5, 0.6) is 0 Å². The van der Waals surface area contributed by atoms with Gasteiger partial charge in [0.25, 0.3) is 0 Å². The molecule has 0 aliphatic heterocycles. The number of carbonyl (C=O) groups excluding carboxylic acids is 4. The second-order valence-electron chi connectivity index (χ2n) is 4.48. The molecule has 0 fully saturated rings. The third kappa shape index (κ3) is 4.53. The Morgan fingerprint density at radius 1 is 0.960 bits per heavy atom. The summed E-state index contributed by atoms with van der Waals surface area (Å²) in [5.41, 5.74) is -0.846. The Kier molecular flexibility index (Phi) is 7.48. The molecule has 1 aromatic heterocycles. The molecule has 2 unspecified atom stereocenters. The van der Waals surface area contributed by atoms with Crippen molar-refractivity contribution in [2.24, 2.45) is 0 Å². The molecule has 2 atom stereocenters. The van der Waals surface area contributed by atoms with Crippen molar-refractivity contribution in [2.75, 3.05) is 28.4 Å². The van der Waals surface area contributed by atoms with Gasteiger partial charge in [0.2, 0.25) is 5.69 Å². The molecule has 138 valence electrons. The molecule has 0 bridgehead atoms. The van der Waals surface area contributed by atoms with Crippen LogP contribution in [0.25, 0.3) is 0 Å². The summed E-state index contributed by atoms with van der Waals surface area (Å²) in [6.45, 7) is 0. The van der Waals surface area contributed by atoms with Crippen LogP contribution in [0.4, 0.5) is 0 Å². The lowest BCUT2D eigenvalue weighted by atomic mass is 10.1. The lowest BCUT2D eigenvalue weighted by molar-refractivity contribution is -0.146. The summed E-state index contributed by atoms with van der Waals surface area (Å²) in [6.07, 6.45) is -0.187. The van der Waals surface area contributed by atoms with Gasteiger partial charge in [0.05, 0.1) is 28.4 Å². The van der Waals surface area contributed by atoms with E-state index < -0.39 is 46.1 Å². The van der Waals surface area contributed by atoms with E-state index in [2.05, 4.69) is 45.2 Å². The predicted molar refractivity (Wildman–Crippen MR) is 83.1 cm³/mol. The quantitative estimate of drug-likeness (QED) is 0.333. The van der Waals surface area contributed by atoms with Gasteiger partial charge in [-0.1, -0.05) is 21.1 Å². The molecular formula is C13H16BrN3O8. The number of carbonyl (C=O) groups is 4. The van der Waals surface area contributed by atoms with E-state index in [0.29, 0.717) is 0 Å². The SMILES string of the molecule is COC(=O)c1nnn(C(CC(Br)C(=O)OC)C(=O)OC)c1C(=O)OC. The zero-order valence-electron chi connectivity index (χ0n) is 13.8. The Balaban J connectivity index is 3.41. The van der Waals surface area contributed by atoms with E-state index >= 15 is 0 Å². The van der Waals surface area contributed by atoms with Crippen LogP contribution >= 0.6 is 15.9 Å². The van der Waals surface area contributed by atoms with E-state index in [4.69, 9.17) is 0 Å². The van der Waals surface area contributed by atoms with Crippen LogP contribution in [0.2, 0.25) is 0 Å². The molecule has 0 aliphatic rings. The van der Waals surface area contributed by atoms with Crippen molar-refractivity contribution in [3.05, 3.63) is 11.4 Å². The van der Waals surface area contributed by atoms with Crippen LogP contribution < -0.4 is 0 Å². The van der Waals surface area contributed by atoms with E-state index in [-0.39, 0.29) is 6.42 Å². The second-order valence-corrected chi connectivity index (χ2v) is 5.59. The van der Waals surface area contributed by atoms with E-state index in [0.717, 1.165) is 26.0 Å². The molecule has 11 nitrogen and oxygen atoms in total. The number of hydrogen-bond acceptors (Lipinski definition) is 10. The van der Waals surface area contributed by atoms with Crippen molar-refractivity contribution in [1.29, 1.82) is 0 Å². The number of esters is 4. The fraction of sp³-hybridized carbons (Fsp3) is 0.538. The summed E-state index contributed by atoms with van der Waals surface area (Å²) >= 11 is 3.08. The first-order valence-electron chi connectivity index (χ1n) is 6.73. The average Bonchev–Trinajstić information content (AvgIpc) is 3.07. The molecule has 12 heteroatoms. The van der Waals surface area contributed by atoms with Gasteiger partial charge in [0.1, 0.15) is 4.83 Å². The number of ether oxygens (including phenoxy) is 4. The number of alkyl halides is 1. The Morgan fingerprint density at radius 3 is 2.00 bits per heavy atom.